The molecule has 7 nitrogen and oxygen atoms in total. The lowest BCUT2D eigenvalue weighted by molar-refractivity contribution is -0.136. The standard InChI is InChI=1S/C31H32N2O5.ClH/c1-36-29-20-24(12-13-28(29)38-25-10-6-7-11-25)19-27(31(35)37-2)26(18-22-8-4-3-5-9-22)30(34)33-21-23-14-16-32-17-15-23;/h3-5,8-9,12-20,25H,6-7,10-11,21H2,1-2H3,(H,33,34);1H. The normalized spacial score (nSPS) is 13.8. The number of amides is 1. The molecule has 1 heterocycles. The van der Waals surface area contributed by atoms with E-state index >= 15 is 0 Å². The van der Waals surface area contributed by atoms with Gasteiger partial charge in [-0.2, -0.15) is 0 Å². The zero-order chi connectivity index (χ0) is 26.7. The number of hydrogen-bond acceptors (Lipinski definition) is 6. The van der Waals surface area contributed by atoms with Crippen LogP contribution in [0.5, 0.6) is 11.5 Å². The maximum absolute atomic E-state index is 13.5. The lowest BCUT2D eigenvalue weighted by Gasteiger charge is -2.16. The van der Waals surface area contributed by atoms with Gasteiger partial charge >= 0.3 is 5.97 Å². The minimum Gasteiger partial charge on any atom is -0.493 e. The Morgan fingerprint density at radius 2 is 1.59 bits per heavy atom. The van der Waals surface area contributed by atoms with Crippen LogP contribution in [0.2, 0.25) is 0 Å². The minimum atomic E-state index is -0.628. The summed E-state index contributed by atoms with van der Waals surface area (Å²) in [4.78, 5) is 30.5. The second-order valence-electron chi connectivity index (χ2n) is 8.99. The highest BCUT2D eigenvalue weighted by Crippen LogP contribution is 2.33. The maximum Gasteiger partial charge on any atom is 0.338 e. The summed E-state index contributed by atoms with van der Waals surface area (Å²) < 4.78 is 16.8. The fraction of sp³-hybridized carbons (Fsp3) is 0.258. The van der Waals surface area contributed by atoms with E-state index in [1.54, 1.807) is 37.7 Å². The number of carbonyl (C=O) groups is 2. The molecule has 8 heteroatoms. The number of benzene rings is 2. The fourth-order valence-corrected chi connectivity index (χ4v) is 4.34. The Bertz CT molecular complexity index is 1300. The zero-order valence-electron chi connectivity index (χ0n) is 22.1. The van der Waals surface area contributed by atoms with Crippen molar-refractivity contribution in [2.75, 3.05) is 14.2 Å². The third-order valence-electron chi connectivity index (χ3n) is 6.35. The number of rotatable bonds is 10. The fourth-order valence-electron chi connectivity index (χ4n) is 4.34. The first-order valence-electron chi connectivity index (χ1n) is 12.7. The van der Waals surface area contributed by atoms with Crippen molar-refractivity contribution in [3.05, 3.63) is 101 Å². The molecule has 0 atom stereocenters. The Morgan fingerprint density at radius 1 is 0.897 bits per heavy atom. The van der Waals surface area contributed by atoms with Crippen LogP contribution >= 0.6 is 12.4 Å². The second-order valence-corrected chi connectivity index (χ2v) is 8.99. The van der Waals surface area contributed by atoms with Gasteiger partial charge in [0.15, 0.2) is 11.5 Å². The number of nitrogens with one attached hydrogen (secondary N) is 1. The van der Waals surface area contributed by atoms with Crippen molar-refractivity contribution in [2.24, 2.45) is 0 Å². The van der Waals surface area contributed by atoms with Crippen molar-refractivity contribution < 1.29 is 23.8 Å². The van der Waals surface area contributed by atoms with Crippen LogP contribution in [-0.4, -0.2) is 37.2 Å². The molecule has 1 fully saturated rings. The van der Waals surface area contributed by atoms with Gasteiger partial charge in [0.2, 0.25) is 0 Å². The number of esters is 1. The number of ether oxygens (including phenoxy) is 3. The van der Waals surface area contributed by atoms with Gasteiger partial charge < -0.3 is 19.5 Å². The van der Waals surface area contributed by atoms with Crippen molar-refractivity contribution in [3.63, 3.8) is 0 Å². The highest BCUT2D eigenvalue weighted by Gasteiger charge is 2.23. The van der Waals surface area contributed by atoms with Crippen LogP contribution in [0.4, 0.5) is 0 Å². The van der Waals surface area contributed by atoms with Crippen LogP contribution in [0.25, 0.3) is 12.2 Å². The lowest BCUT2D eigenvalue weighted by atomic mass is 9.99. The number of methoxy groups -OCH3 is 2. The molecule has 0 unspecified atom stereocenters. The lowest BCUT2D eigenvalue weighted by Crippen LogP contribution is -2.27. The van der Waals surface area contributed by atoms with Gasteiger partial charge in [-0.15, -0.1) is 12.4 Å². The first-order chi connectivity index (χ1) is 18.6. The molecule has 1 aliphatic carbocycles. The van der Waals surface area contributed by atoms with Crippen LogP contribution in [-0.2, 0) is 20.9 Å². The van der Waals surface area contributed by atoms with Crippen LogP contribution < -0.4 is 14.8 Å². The number of aromatic nitrogens is 1. The summed E-state index contributed by atoms with van der Waals surface area (Å²) in [7, 11) is 2.88. The van der Waals surface area contributed by atoms with Crippen LogP contribution in [0, 0.1) is 0 Å². The smallest absolute Gasteiger partial charge is 0.338 e. The topological polar surface area (TPSA) is 86.8 Å². The quantitative estimate of drug-likeness (QED) is 0.196. The molecule has 0 radical (unpaired) electrons. The summed E-state index contributed by atoms with van der Waals surface area (Å²) in [6.45, 7) is 0.281. The van der Waals surface area contributed by atoms with Crippen molar-refractivity contribution in [1.29, 1.82) is 0 Å². The average Bonchev–Trinajstić information content (AvgIpc) is 3.48. The van der Waals surface area contributed by atoms with Gasteiger partial charge in [-0.3, -0.25) is 9.78 Å². The molecule has 1 amide bonds. The SMILES string of the molecule is COC(=O)C(=Cc1ccc(OC2CCCC2)c(OC)c1)C(=Cc1ccccc1)C(=O)NCc1ccncc1.Cl. The molecule has 0 bridgehead atoms. The molecule has 4 rings (SSSR count). The molecule has 0 aliphatic heterocycles. The Morgan fingerprint density at radius 3 is 2.26 bits per heavy atom. The Kier molecular flexibility index (Phi) is 11.1. The third-order valence-corrected chi connectivity index (χ3v) is 6.35. The first kappa shape index (κ1) is 29.5. The highest BCUT2D eigenvalue weighted by molar-refractivity contribution is 6.14. The largest absolute Gasteiger partial charge is 0.493 e. The number of pyridine rings is 1. The van der Waals surface area contributed by atoms with E-state index < -0.39 is 11.9 Å². The molecule has 0 spiro atoms. The van der Waals surface area contributed by atoms with E-state index in [1.807, 2.05) is 54.6 Å². The molecule has 3 aromatic rings. The summed E-state index contributed by atoms with van der Waals surface area (Å²) in [6, 6.07) is 18.5. The summed E-state index contributed by atoms with van der Waals surface area (Å²) >= 11 is 0. The molecule has 1 saturated carbocycles. The van der Waals surface area contributed by atoms with E-state index in [-0.39, 0.29) is 36.2 Å². The Labute approximate surface area is 235 Å². The maximum atomic E-state index is 13.5. The van der Waals surface area contributed by atoms with E-state index in [1.165, 1.54) is 7.11 Å². The van der Waals surface area contributed by atoms with E-state index in [0.29, 0.717) is 17.1 Å². The predicted molar refractivity (Wildman–Crippen MR) is 154 cm³/mol. The molecule has 1 aliphatic rings. The Balaban J connectivity index is 0.00000420. The van der Waals surface area contributed by atoms with Crippen molar-refractivity contribution in [3.8, 4) is 11.5 Å². The molecular formula is C31H33ClN2O5. The summed E-state index contributed by atoms with van der Waals surface area (Å²) in [5, 5.41) is 2.91. The summed E-state index contributed by atoms with van der Waals surface area (Å²) in [6.07, 6.45) is 11.2. The van der Waals surface area contributed by atoms with E-state index in [2.05, 4.69) is 10.3 Å². The molecule has 1 N–H and O–H groups in total. The van der Waals surface area contributed by atoms with Gasteiger partial charge in [-0.1, -0.05) is 36.4 Å². The molecule has 0 saturated heterocycles. The van der Waals surface area contributed by atoms with Gasteiger partial charge in [0.1, 0.15) is 0 Å². The number of nitrogens with zero attached hydrogens (tertiary/aromatic N) is 1. The molecule has 204 valence electrons. The molecular weight excluding hydrogens is 516 g/mol. The first-order valence-corrected chi connectivity index (χ1v) is 12.7. The summed E-state index contributed by atoms with van der Waals surface area (Å²) in [5.41, 5.74) is 2.63. The van der Waals surface area contributed by atoms with E-state index in [0.717, 1.165) is 36.8 Å². The molecule has 1 aromatic heterocycles. The van der Waals surface area contributed by atoms with E-state index in [9.17, 15) is 9.59 Å². The van der Waals surface area contributed by atoms with Gasteiger partial charge in [-0.25, -0.2) is 4.79 Å². The van der Waals surface area contributed by atoms with Crippen molar-refractivity contribution in [2.45, 2.75) is 38.3 Å². The van der Waals surface area contributed by atoms with Crippen LogP contribution in [0.1, 0.15) is 42.4 Å². The van der Waals surface area contributed by atoms with Crippen molar-refractivity contribution >= 4 is 36.4 Å². The minimum absolute atomic E-state index is 0. The monoisotopic (exact) mass is 548 g/mol. The second kappa shape index (κ2) is 14.7. The van der Waals surface area contributed by atoms with Crippen LogP contribution in [0.3, 0.4) is 0 Å². The van der Waals surface area contributed by atoms with Crippen LogP contribution in [0.15, 0.2) is 84.2 Å². The van der Waals surface area contributed by atoms with Crippen molar-refractivity contribution in [1.82, 2.24) is 10.3 Å². The average molecular weight is 549 g/mol. The van der Waals surface area contributed by atoms with Gasteiger partial charge in [0.25, 0.3) is 5.91 Å². The van der Waals surface area contributed by atoms with E-state index in [4.69, 9.17) is 14.2 Å². The van der Waals surface area contributed by atoms with Gasteiger partial charge in [-0.05, 0) is 78.8 Å². The predicted octanol–water partition coefficient (Wildman–Crippen LogP) is 5.79. The highest BCUT2D eigenvalue weighted by atomic mass is 35.5. The Hall–Kier alpha value is -4.10. The number of carbonyl (C=O) groups excluding carboxylic acids is 2. The summed E-state index contributed by atoms with van der Waals surface area (Å²) in [5.74, 6) is 0.184. The molecule has 39 heavy (non-hydrogen) atoms. The molecule has 2 aromatic carbocycles. The zero-order valence-corrected chi connectivity index (χ0v) is 22.9. The number of hydrogen-bond donors (Lipinski definition) is 1. The third kappa shape index (κ3) is 8.19. The number of halogens is 1. The van der Waals surface area contributed by atoms with Gasteiger partial charge in [0, 0.05) is 18.9 Å². The van der Waals surface area contributed by atoms with Gasteiger partial charge in [0.05, 0.1) is 31.5 Å².